The molecule has 0 unspecified atom stereocenters. The summed E-state index contributed by atoms with van der Waals surface area (Å²) in [7, 11) is 0. The van der Waals surface area contributed by atoms with Gasteiger partial charge in [-0.2, -0.15) is 0 Å². The second kappa shape index (κ2) is 6.62. The Morgan fingerprint density at radius 1 is 1.60 bits per heavy atom. The molecule has 0 aromatic rings. The van der Waals surface area contributed by atoms with Gasteiger partial charge in [0.15, 0.2) is 0 Å². The molecular formula is C12H20O3. The van der Waals surface area contributed by atoms with E-state index in [1.807, 2.05) is 12.2 Å². The Morgan fingerprint density at radius 2 is 2.40 bits per heavy atom. The van der Waals surface area contributed by atoms with Gasteiger partial charge in [0, 0.05) is 12.8 Å². The van der Waals surface area contributed by atoms with Crippen molar-refractivity contribution in [2.45, 2.75) is 57.7 Å². The van der Waals surface area contributed by atoms with Gasteiger partial charge in [0.25, 0.3) is 0 Å². The van der Waals surface area contributed by atoms with E-state index in [0.717, 1.165) is 25.7 Å². The lowest BCUT2D eigenvalue weighted by Crippen LogP contribution is -2.23. The minimum Gasteiger partial charge on any atom is -0.462 e. The van der Waals surface area contributed by atoms with E-state index in [4.69, 9.17) is 4.74 Å². The van der Waals surface area contributed by atoms with E-state index in [1.165, 1.54) is 0 Å². The van der Waals surface area contributed by atoms with Gasteiger partial charge in [0.1, 0.15) is 6.10 Å². The van der Waals surface area contributed by atoms with Crippen molar-refractivity contribution >= 4 is 5.97 Å². The SMILES string of the molecule is CCC[C@H]1C[C@@H](O)C=CCCCC(=O)O1. The van der Waals surface area contributed by atoms with Gasteiger partial charge in [0.05, 0.1) is 6.10 Å². The number of cyclic esters (lactones) is 1. The van der Waals surface area contributed by atoms with Crippen molar-refractivity contribution < 1.29 is 14.6 Å². The largest absolute Gasteiger partial charge is 0.462 e. The molecule has 1 heterocycles. The molecule has 1 aliphatic rings. The highest BCUT2D eigenvalue weighted by molar-refractivity contribution is 5.69. The van der Waals surface area contributed by atoms with Crippen LogP contribution in [0.15, 0.2) is 12.2 Å². The first-order valence-electron chi connectivity index (χ1n) is 5.76. The molecule has 86 valence electrons. The van der Waals surface area contributed by atoms with Crippen LogP contribution in [-0.4, -0.2) is 23.3 Å². The van der Waals surface area contributed by atoms with E-state index < -0.39 is 6.10 Å². The average Bonchev–Trinajstić information content (AvgIpc) is 2.17. The number of allylic oxidation sites excluding steroid dienone is 1. The first-order valence-corrected chi connectivity index (χ1v) is 5.76. The summed E-state index contributed by atoms with van der Waals surface area (Å²) in [4.78, 5) is 11.4. The fourth-order valence-electron chi connectivity index (χ4n) is 1.76. The highest BCUT2D eigenvalue weighted by Crippen LogP contribution is 2.14. The molecule has 1 N–H and O–H groups in total. The summed E-state index contributed by atoms with van der Waals surface area (Å²) >= 11 is 0. The fraction of sp³-hybridized carbons (Fsp3) is 0.750. The van der Waals surface area contributed by atoms with E-state index in [9.17, 15) is 9.90 Å². The Balaban J connectivity index is 2.55. The second-order valence-corrected chi connectivity index (χ2v) is 4.02. The summed E-state index contributed by atoms with van der Waals surface area (Å²) in [5, 5.41) is 9.64. The zero-order valence-corrected chi connectivity index (χ0v) is 9.32. The standard InChI is InChI=1S/C12H20O3/c1-2-6-11-9-10(13)7-4-3-5-8-12(14)15-11/h4,7,10-11,13H,2-3,5-6,8-9H2,1H3/t10-,11-/m0/s1. The van der Waals surface area contributed by atoms with Gasteiger partial charge in [-0.3, -0.25) is 4.79 Å². The smallest absolute Gasteiger partial charge is 0.306 e. The van der Waals surface area contributed by atoms with E-state index in [2.05, 4.69) is 6.92 Å². The molecule has 3 nitrogen and oxygen atoms in total. The molecule has 2 atom stereocenters. The molecule has 0 aromatic heterocycles. The lowest BCUT2D eigenvalue weighted by Gasteiger charge is -2.20. The number of esters is 1. The molecule has 0 fully saturated rings. The van der Waals surface area contributed by atoms with Crippen molar-refractivity contribution in [3.05, 3.63) is 12.2 Å². The Hall–Kier alpha value is -0.830. The fourth-order valence-corrected chi connectivity index (χ4v) is 1.76. The van der Waals surface area contributed by atoms with Crippen LogP contribution in [0, 0.1) is 0 Å². The Bertz CT molecular complexity index is 223. The molecule has 1 rings (SSSR count). The topological polar surface area (TPSA) is 46.5 Å². The van der Waals surface area contributed by atoms with E-state index >= 15 is 0 Å². The second-order valence-electron chi connectivity index (χ2n) is 4.02. The Kier molecular flexibility index (Phi) is 5.40. The number of ether oxygens (including phenoxy) is 1. The molecule has 1 aliphatic heterocycles. The van der Waals surface area contributed by atoms with E-state index in [0.29, 0.717) is 12.8 Å². The lowest BCUT2D eigenvalue weighted by molar-refractivity contribution is -0.150. The number of aliphatic hydroxyl groups is 1. The quantitative estimate of drug-likeness (QED) is 0.563. The lowest BCUT2D eigenvalue weighted by atomic mass is 10.1. The summed E-state index contributed by atoms with van der Waals surface area (Å²) in [6, 6.07) is 0. The first-order chi connectivity index (χ1) is 7.22. The van der Waals surface area contributed by atoms with Crippen LogP contribution >= 0.6 is 0 Å². The van der Waals surface area contributed by atoms with Crippen molar-refractivity contribution in [2.75, 3.05) is 0 Å². The van der Waals surface area contributed by atoms with Crippen LogP contribution in [0.3, 0.4) is 0 Å². The highest BCUT2D eigenvalue weighted by atomic mass is 16.5. The van der Waals surface area contributed by atoms with Crippen molar-refractivity contribution in [3.63, 3.8) is 0 Å². The molecule has 0 amide bonds. The molecule has 0 saturated heterocycles. The van der Waals surface area contributed by atoms with Gasteiger partial charge >= 0.3 is 5.97 Å². The molecule has 15 heavy (non-hydrogen) atoms. The Morgan fingerprint density at radius 3 is 3.13 bits per heavy atom. The van der Waals surface area contributed by atoms with Crippen LogP contribution in [0.25, 0.3) is 0 Å². The minimum absolute atomic E-state index is 0.125. The van der Waals surface area contributed by atoms with Crippen LogP contribution in [0.4, 0.5) is 0 Å². The number of carbonyl (C=O) groups excluding carboxylic acids is 1. The maximum absolute atomic E-state index is 11.4. The van der Waals surface area contributed by atoms with Crippen LogP contribution in [-0.2, 0) is 9.53 Å². The van der Waals surface area contributed by atoms with Gasteiger partial charge < -0.3 is 9.84 Å². The number of aliphatic hydroxyl groups excluding tert-OH is 1. The molecule has 0 bridgehead atoms. The summed E-state index contributed by atoms with van der Waals surface area (Å²) in [6.07, 6.45) is 7.61. The van der Waals surface area contributed by atoms with Crippen molar-refractivity contribution in [3.8, 4) is 0 Å². The van der Waals surface area contributed by atoms with Gasteiger partial charge in [-0.15, -0.1) is 0 Å². The number of hydrogen-bond acceptors (Lipinski definition) is 3. The monoisotopic (exact) mass is 212 g/mol. The van der Waals surface area contributed by atoms with Crippen molar-refractivity contribution in [1.29, 1.82) is 0 Å². The molecule has 0 aromatic carbocycles. The molecule has 0 saturated carbocycles. The third kappa shape index (κ3) is 4.98. The third-order valence-corrected chi connectivity index (χ3v) is 2.52. The van der Waals surface area contributed by atoms with E-state index in [1.54, 1.807) is 0 Å². The molecule has 0 radical (unpaired) electrons. The van der Waals surface area contributed by atoms with E-state index in [-0.39, 0.29) is 12.1 Å². The Labute approximate surface area is 91.1 Å². The van der Waals surface area contributed by atoms with Crippen molar-refractivity contribution in [2.24, 2.45) is 0 Å². The molecular weight excluding hydrogens is 192 g/mol. The minimum atomic E-state index is -0.479. The number of carbonyl (C=O) groups is 1. The maximum atomic E-state index is 11.4. The van der Waals surface area contributed by atoms with Crippen LogP contribution in [0.2, 0.25) is 0 Å². The normalized spacial score (nSPS) is 28.5. The van der Waals surface area contributed by atoms with Gasteiger partial charge in [0.2, 0.25) is 0 Å². The summed E-state index contributed by atoms with van der Waals surface area (Å²) in [5.74, 6) is -0.129. The highest BCUT2D eigenvalue weighted by Gasteiger charge is 2.17. The molecule has 0 spiro atoms. The number of hydrogen-bond donors (Lipinski definition) is 1. The zero-order chi connectivity index (χ0) is 11.1. The van der Waals surface area contributed by atoms with Gasteiger partial charge in [-0.1, -0.05) is 25.5 Å². The molecule has 3 heteroatoms. The predicted octanol–water partition coefficient (Wildman–Crippen LogP) is 2.19. The zero-order valence-electron chi connectivity index (χ0n) is 9.32. The first kappa shape index (κ1) is 12.2. The summed E-state index contributed by atoms with van der Waals surface area (Å²) in [5.41, 5.74) is 0. The third-order valence-electron chi connectivity index (χ3n) is 2.52. The van der Waals surface area contributed by atoms with Crippen LogP contribution < -0.4 is 0 Å². The van der Waals surface area contributed by atoms with Gasteiger partial charge in [-0.25, -0.2) is 0 Å². The van der Waals surface area contributed by atoms with Crippen LogP contribution in [0.1, 0.15) is 45.4 Å². The average molecular weight is 212 g/mol. The predicted molar refractivity (Wildman–Crippen MR) is 58.4 cm³/mol. The number of rotatable bonds is 2. The molecule has 0 aliphatic carbocycles. The van der Waals surface area contributed by atoms with Gasteiger partial charge in [-0.05, 0) is 19.3 Å². The van der Waals surface area contributed by atoms with Crippen LogP contribution in [0.5, 0.6) is 0 Å². The van der Waals surface area contributed by atoms with Crippen molar-refractivity contribution in [1.82, 2.24) is 0 Å². The summed E-state index contributed by atoms with van der Waals surface area (Å²) < 4.78 is 5.30. The summed E-state index contributed by atoms with van der Waals surface area (Å²) in [6.45, 7) is 2.05. The maximum Gasteiger partial charge on any atom is 0.306 e.